The van der Waals surface area contributed by atoms with Gasteiger partial charge in [-0.05, 0) is 34.1 Å². The Kier molecular flexibility index (Phi) is 9.06. The molecule has 0 saturated carbocycles. The number of carbonyl (C=O) groups excluding carboxylic acids is 1. The molecule has 5 nitrogen and oxygen atoms in total. The maximum absolute atomic E-state index is 12.1. The zero-order valence-corrected chi connectivity index (χ0v) is 14.1. The molecule has 1 atom stereocenters. The molecule has 1 unspecified atom stereocenters. The van der Waals surface area contributed by atoms with Crippen LogP contribution in [0, 0.1) is 0 Å². The molecule has 0 aromatic rings. The molecule has 0 aromatic heterocycles. The number of carboxylic acids is 1. The molecule has 0 aliphatic carbocycles. The summed E-state index contributed by atoms with van der Waals surface area (Å²) in [6.45, 7) is 9.58. The molecule has 0 aromatic carbocycles. The Morgan fingerprint density at radius 2 is 1.67 bits per heavy atom. The summed E-state index contributed by atoms with van der Waals surface area (Å²) in [5.41, 5.74) is -0.616. The van der Waals surface area contributed by atoms with Gasteiger partial charge in [0.2, 0.25) is 0 Å². The number of aliphatic carboxylic acids is 1. The third kappa shape index (κ3) is 8.58. The van der Waals surface area contributed by atoms with Gasteiger partial charge in [-0.2, -0.15) is 0 Å². The number of rotatable bonds is 9. The molecule has 0 heterocycles. The Hall–Kier alpha value is -1.26. The van der Waals surface area contributed by atoms with Crippen LogP contribution >= 0.6 is 0 Å². The maximum Gasteiger partial charge on any atom is 0.411 e. The third-order valence-electron chi connectivity index (χ3n) is 3.21. The van der Waals surface area contributed by atoms with E-state index in [1.165, 1.54) is 11.3 Å². The van der Waals surface area contributed by atoms with Gasteiger partial charge < -0.3 is 9.84 Å². The number of hydrogen-bond donors (Lipinski definition) is 1. The second-order valence-corrected chi connectivity index (χ2v) is 6.32. The van der Waals surface area contributed by atoms with Crippen molar-refractivity contribution in [3.8, 4) is 0 Å². The van der Waals surface area contributed by atoms with Crippen molar-refractivity contribution in [2.24, 2.45) is 0 Å². The normalized spacial score (nSPS) is 12.8. The zero-order valence-electron chi connectivity index (χ0n) is 14.1. The number of hydrogen-bond acceptors (Lipinski definition) is 3. The quantitative estimate of drug-likeness (QED) is 0.652. The average molecular weight is 301 g/mol. The highest BCUT2D eigenvalue weighted by Gasteiger charge is 2.31. The number of ether oxygens (including phenoxy) is 1. The minimum absolute atomic E-state index is 0.334. The Morgan fingerprint density at radius 1 is 1.10 bits per heavy atom. The molecule has 0 fully saturated rings. The van der Waals surface area contributed by atoms with Crippen LogP contribution in [0.2, 0.25) is 0 Å². The van der Waals surface area contributed by atoms with E-state index < -0.39 is 23.7 Å². The lowest BCUT2D eigenvalue weighted by Gasteiger charge is -2.30. The summed E-state index contributed by atoms with van der Waals surface area (Å²) >= 11 is 0. The third-order valence-corrected chi connectivity index (χ3v) is 3.21. The smallest absolute Gasteiger partial charge is 0.411 e. The van der Waals surface area contributed by atoms with Gasteiger partial charge in [0, 0.05) is 6.54 Å². The number of likely N-dealkylation sites (N-methyl/N-ethyl adjacent to an activating group) is 1. The summed E-state index contributed by atoms with van der Waals surface area (Å²) in [5.74, 6) is -0.960. The van der Waals surface area contributed by atoms with Crippen molar-refractivity contribution in [2.45, 2.75) is 84.8 Å². The maximum atomic E-state index is 12.1. The van der Waals surface area contributed by atoms with Crippen molar-refractivity contribution < 1.29 is 19.4 Å². The summed E-state index contributed by atoms with van der Waals surface area (Å²) < 4.78 is 5.29. The molecule has 0 saturated heterocycles. The van der Waals surface area contributed by atoms with Crippen LogP contribution in [0.1, 0.15) is 73.1 Å². The molecular weight excluding hydrogens is 270 g/mol. The summed E-state index contributed by atoms with van der Waals surface area (Å²) in [4.78, 5) is 24.9. The SMILES string of the molecule is CCCCCCCC(C(=O)O)N(CC)C(=O)OC(C)(C)C. The van der Waals surface area contributed by atoms with Gasteiger partial charge in [-0.1, -0.05) is 39.0 Å². The lowest BCUT2D eigenvalue weighted by Crippen LogP contribution is -2.47. The molecule has 0 bridgehead atoms. The van der Waals surface area contributed by atoms with Crippen molar-refractivity contribution in [1.82, 2.24) is 4.90 Å². The monoisotopic (exact) mass is 301 g/mol. The van der Waals surface area contributed by atoms with Gasteiger partial charge in [0.25, 0.3) is 0 Å². The van der Waals surface area contributed by atoms with E-state index in [9.17, 15) is 14.7 Å². The Balaban J connectivity index is 4.58. The van der Waals surface area contributed by atoms with Gasteiger partial charge >= 0.3 is 12.1 Å². The second-order valence-electron chi connectivity index (χ2n) is 6.32. The standard InChI is InChI=1S/C16H31NO4/c1-6-8-9-10-11-12-13(14(18)19)17(7-2)15(20)21-16(3,4)5/h13H,6-12H2,1-5H3,(H,18,19). The van der Waals surface area contributed by atoms with Crippen LogP contribution in [-0.4, -0.2) is 40.3 Å². The number of nitrogens with zero attached hydrogens (tertiary/aromatic N) is 1. The highest BCUT2D eigenvalue weighted by atomic mass is 16.6. The first-order valence-corrected chi connectivity index (χ1v) is 7.95. The minimum Gasteiger partial charge on any atom is -0.480 e. The lowest BCUT2D eigenvalue weighted by molar-refractivity contribution is -0.143. The van der Waals surface area contributed by atoms with Crippen LogP contribution in [0.25, 0.3) is 0 Å². The number of unbranched alkanes of at least 4 members (excludes halogenated alkanes) is 4. The second kappa shape index (κ2) is 9.64. The van der Waals surface area contributed by atoms with Crippen LogP contribution < -0.4 is 0 Å². The van der Waals surface area contributed by atoms with E-state index in [0.717, 1.165) is 25.7 Å². The fraction of sp³-hybridized carbons (Fsp3) is 0.875. The molecule has 1 N–H and O–H groups in total. The summed E-state index contributed by atoms with van der Waals surface area (Å²) in [6.07, 6.45) is 5.18. The lowest BCUT2D eigenvalue weighted by atomic mass is 10.1. The summed E-state index contributed by atoms with van der Waals surface area (Å²) in [5, 5.41) is 9.38. The van der Waals surface area contributed by atoms with Gasteiger partial charge in [-0.15, -0.1) is 0 Å². The van der Waals surface area contributed by atoms with Crippen LogP contribution in [-0.2, 0) is 9.53 Å². The Morgan fingerprint density at radius 3 is 2.10 bits per heavy atom. The predicted octanol–water partition coefficient (Wildman–Crippen LogP) is 4.06. The topological polar surface area (TPSA) is 66.8 Å². The first-order chi connectivity index (χ1) is 9.72. The number of amides is 1. The van der Waals surface area contributed by atoms with E-state index in [1.54, 1.807) is 27.7 Å². The molecule has 0 rings (SSSR count). The first kappa shape index (κ1) is 19.7. The largest absolute Gasteiger partial charge is 0.480 e. The molecule has 124 valence electrons. The van der Waals surface area contributed by atoms with Crippen LogP contribution in [0.15, 0.2) is 0 Å². The van der Waals surface area contributed by atoms with Crippen molar-refractivity contribution in [3.05, 3.63) is 0 Å². The molecule has 21 heavy (non-hydrogen) atoms. The highest BCUT2D eigenvalue weighted by Crippen LogP contribution is 2.16. The molecular formula is C16H31NO4. The minimum atomic E-state index is -0.960. The summed E-state index contributed by atoms with van der Waals surface area (Å²) in [6, 6.07) is -0.800. The fourth-order valence-corrected chi connectivity index (χ4v) is 2.15. The molecule has 0 aliphatic heterocycles. The first-order valence-electron chi connectivity index (χ1n) is 7.95. The van der Waals surface area contributed by atoms with Crippen molar-refractivity contribution in [2.75, 3.05) is 6.54 Å². The molecule has 1 amide bonds. The van der Waals surface area contributed by atoms with E-state index in [0.29, 0.717) is 13.0 Å². The van der Waals surface area contributed by atoms with E-state index in [4.69, 9.17) is 4.74 Å². The van der Waals surface area contributed by atoms with E-state index in [-0.39, 0.29) is 0 Å². The van der Waals surface area contributed by atoms with Crippen LogP contribution in [0.5, 0.6) is 0 Å². The molecule has 0 aliphatic rings. The zero-order chi connectivity index (χ0) is 16.5. The van der Waals surface area contributed by atoms with Gasteiger partial charge in [-0.25, -0.2) is 9.59 Å². The molecule has 5 heteroatoms. The molecule has 0 radical (unpaired) electrons. The Labute approximate surface area is 128 Å². The van der Waals surface area contributed by atoms with Gasteiger partial charge in [0.05, 0.1) is 0 Å². The van der Waals surface area contributed by atoms with Crippen molar-refractivity contribution >= 4 is 12.1 Å². The van der Waals surface area contributed by atoms with Gasteiger partial charge in [0.15, 0.2) is 0 Å². The van der Waals surface area contributed by atoms with Crippen molar-refractivity contribution in [1.29, 1.82) is 0 Å². The van der Waals surface area contributed by atoms with E-state index in [2.05, 4.69) is 6.92 Å². The average Bonchev–Trinajstić information content (AvgIpc) is 2.34. The Bertz CT molecular complexity index is 323. The number of carbonyl (C=O) groups is 2. The van der Waals surface area contributed by atoms with Gasteiger partial charge in [0.1, 0.15) is 11.6 Å². The van der Waals surface area contributed by atoms with E-state index >= 15 is 0 Å². The van der Waals surface area contributed by atoms with Gasteiger partial charge in [-0.3, -0.25) is 4.90 Å². The fourth-order valence-electron chi connectivity index (χ4n) is 2.15. The summed E-state index contributed by atoms with van der Waals surface area (Å²) in [7, 11) is 0. The van der Waals surface area contributed by atoms with Crippen molar-refractivity contribution in [3.63, 3.8) is 0 Å². The predicted molar refractivity (Wildman–Crippen MR) is 83.4 cm³/mol. The number of carboxylic acid groups (broad SMARTS) is 1. The molecule has 0 spiro atoms. The highest BCUT2D eigenvalue weighted by molar-refractivity contribution is 5.80. The van der Waals surface area contributed by atoms with Crippen LogP contribution in [0.3, 0.4) is 0 Å². The van der Waals surface area contributed by atoms with Crippen LogP contribution in [0.4, 0.5) is 4.79 Å². The van der Waals surface area contributed by atoms with E-state index in [1.807, 2.05) is 0 Å².